The predicted molar refractivity (Wildman–Crippen MR) is 317 cm³/mol. The maximum absolute atomic E-state index is 13.4. The molecule has 0 heterocycles. The van der Waals surface area contributed by atoms with Gasteiger partial charge in [-0.1, -0.05) is 218 Å². The van der Waals surface area contributed by atoms with Crippen LogP contribution in [0, 0.1) is 85.4 Å². The Morgan fingerprint density at radius 2 is 0.750 bits per heavy atom. The van der Waals surface area contributed by atoms with E-state index in [9.17, 15) is 17.6 Å². The van der Waals surface area contributed by atoms with E-state index >= 15 is 0 Å². The lowest BCUT2D eigenvalue weighted by Gasteiger charge is -2.11. The average molecular weight is 1040 g/mol. The van der Waals surface area contributed by atoms with Crippen LogP contribution < -0.4 is 0 Å². The Balaban J connectivity index is 0.000000456. The van der Waals surface area contributed by atoms with Crippen LogP contribution in [0.3, 0.4) is 0 Å². The first-order valence-electron chi connectivity index (χ1n) is 27.2. The summed E-state index contributed by atoms with van der Waals surface area (Å²) in [6.45, 7) is 54.2. The Labute approximate surface area is 458 Å². The van der Waals surface area contributed by atoms with Gasteiger partial charge in [-0.3, -0.25) is 0 Å². The van der Waals surface area contributed by atoms with Gasteiger partial charge in [0, 0.05) is 0 Å². The van der Waals surface area contributed by atoms with Gasteiger partial charge in [0.1, 0.15) is 23.3 Å². The van der Waals surface area contributed by atoms with Crippen molar-refractivity contribution >= 4 is 17.1 Å². The number of hydrogen-bond donors (Lipinski definition) is 0. The summed E-state index contributed by atoms with van der Waals surface area (Å²) in [5.74, 6) is 3.35. The molecule has 408 valence electrons. The van der Waals surface area contributed by atoms with Gasteiger partial charge in [-0.25, -0.2) is 32.1 Å². The van der Waals surface area contributed by atoms with Gasteiger partial charge in [-0.15, -0.1) is 0 Å². The number of hydrogen-bond acceptors (Lipinski definition) is 0. The molecule has 0 aliphatic carbocycles. The fourth-order valence-electron chi connectivity index (χ4n) is 8.08. The quantitative estimate of drug-likeness (QED) is 0.0762. The summed E-state index contributed by atoms with van der Waals surface area (Å²) in [6.07, 6.45) is 6.91. The van der Waals surface area contributed by atoms with E-state index in [2.05, 4.69) is 104 Å². The highest BCUT2D eigenvalue weighted by Crippen LogP contribution is 2.23. The van der Waals surface area contributed by atoms with Gasteiger partial charge in [0.05, 0.1) is 19.7 Å². The number of aryl methyl sites for hydroxylation is 2. The highest BCUT2D eigenvalue weighted by Gasteiger charge is 2.09. The van der Waals surface area contributed by atoms with Crippen LogP contribution in [0.4, 0.5) is 34.6 Å². The third-order valence-electron chi connectivity index (χ3n) is 11.5. The molecule has 0 fully saturated rings. The summed E-state index contributed by atoms with van der Waals surface area (Å²) >= 11 is 0. The maximum atomic E-state index is 13.4. The van der Waals surface area contributed by atoms with Gasteiger partial charge in [-0.2, -0.15) is 0 Å². The fraction of sp³-hybridized carbons (Fsp3) is 0.435. The van der Waals surface area contributed by atoms with Crippen molar-refractivity contribution in [3.05, 3.63) is 229 Å². The average Bonchev–Trinajstić information content (AvgIpc) is 3.34. The molecule has 0 unspecified atom stereocenters. The summed E-state index contributed by atoms with van der Waals surface area (Å²) in [4.78, 5) is 9.84. The molecule has 0 saturated carbocycles. The van der Waals surface area contributed by atoms with Crippen LogP contribution in [0.15, 0.2) is 121 Å². The molecule has 3 nitrogen and oxygen atoms in total. The molecule has 0 spiro atoms. The molecule has 0 N–H and O–H groups in total. The summed E-state index contributed by atoms with van der Waals surface area (Å²) in [5, 5.41) is 0. The molecule has 0 aromatic heterocycles. The SMILES string of the molecule is CC(C)Cc1ccc(F)c(C(C)C)c1.CCc1cc(CC(C)C)ccc1F.Cc1cc(CC(C)C)ccc1F.[C-]#[N+]c1cc(CC(C)C)ccc1F.[C-]#[N+]c1ccc(CC(C)C)cc1.[C-]#[N+]c1cccc(CC(C)C)c1. The zero-order valence-electron chi connectivity index (χ0n) is 48.9. The van der Waals surface area contributed by atoms with Crippen LogP contribution >= 0.6 is 0 Å². The van der Waals surface area contributed by atoms with E-state index in [1.807, 2.05) is 99.6 Å². The van der Waals surface area contributed by atoms with E-state index in [1.54, 1.807) is 37.3 Å². The van der Waals surface area contributed by atoms with Crippen molar-refractivity contribution in [1.29, 1.82) is 0 Å². The van der Waals surface area contributed by atoms with Gasteiger partial charge < -0.3 is 0 Å². The van der Waals surface area contributed by atoms with Gasteiger partial charge >= 0.3 is 0 Å². The first-order chi connectivity index (χ1) is 35.8. The van der Waals surface area contributed by atoms with E-state index in [4.69, 9.17) is 19.7 Å². The number of benzene rings is 6. The lowest BCUT2D eigenvalue weighted by molar-refractivity contribution is 0.592. The Kier molecular flexibility index (Phi) is 32.4. The third kappa shape index (κ3) is 29.0. The molecular weight excluding hydrogens is 947 g/mol. The normalized spacial score (nSPS) is 10.5. The molecule has 0 radical (unpaired) electrons. The molecule has 0 aliphatic heterocycles. The summed E-state index contributed by atoms with van der Waals surface area (Å²) in [7, 11) is 0. The molecule has 6 aromatic carbocycles. The second kappa shape index (κ2) is 36.5. The van der Waals surface area contributed by atoms with Crippen LogP contribution in [0.25, 0.3) is 14.5 Å². The van der Waals surface area contributed by atoms with Crippen molar-refractivity contribution in [2.24, 2.45) is 35.5 Å². The molecule has 6 aromatic rings. The lowest BCUT2D eigenvalue weighted by atomic mass is 9.96. The fourth-order valence-corrected chi connectivity index (χ4v) is 8.08. The second-order valence-corrected chi connectivity index (χ2v) is 22.4. The third-order valence-corrected chi connectivity index (χ3v) is 11.5. The molecule has 6 rings (SSSR count). The highest BCUT2D eigenvalue weighted by atomic mass is 19.1. The zero-order chi connectivity index (χ0) is 57.5. The van der Waals surface area contributed by atoms with E-state index in [-0.39, 0.29) is 29.1 Å². The Morgan fingerprint density at radius 1 is 0.368 bits per heavy atom. The highest BCUT2D eigenvalue weighted by molar-refractivity contribution is 5.49. The monoisotopic (exact) mass is 1040 g/mol. The van der Waals surface area contributed by atoms with E-state index in [1.165, 1.54) is 33.9 Å². The minimum Gasteiger partial charge on any atom is -0.238 e. The van der Waals surface area contributed by atoms with Crippen molar-refractivity contribution in [2.45, 2.75) is 162 Å². The number of rotatable bonds is 14. The molecule has 0 saturated heterocycles. The van der Waals surface area contributed by atoms with Crippen LogP contribution in [0.5, 0.6) is 0 Å². The zero-order valence-corrected chi connectivity index (χ0v) is 48.9. The standard InChI is InChI=1S/C13H19F.C12H17F.C11H12FN.C11H15F.2C11H13N/c1-9(2)7-11-5-6-13(14)12(8-11)10(3)4;1-4-11-8-10(7-9(2)3)5-6-12(11)13;1-8(2)6-9-4-5-10(12)11(7-9)13-3;1-8(2)6-10-4-5-11(12)9(3)7-10;1-9(2)8-10-4-6-11(12-3)7-5-10;1-9(2)7-10-5-4-6-11(8-10)12-3/h5-6,8-10H,7H2,1-4H3;5-6,8-9H,4,7H2,1-3H3;4-5,7-8H,6H2,1-2H3;4-5,7-8H,6H2,1-3H3;4-7,9H,8H2,1-2H3;4-6,8-9H,7H2,1-2H3. The Morgan fingerprint density at radius 3 is 1.17 bits per heavy atom. The van der Waals surface area contributed by atoms with Crippen molar-refractivity contribution in [3.8, 4) is 0 Å². The molecule has 76 heavy (non-hydrogen) atoms. The maximum Gasteiger partial charge on any atom is 0.222 e. The van der Waals surface area contributed by atoms with Crippen LogP contribution in [-0.4, -0.2) is 0 Å². The van der Waals surface area contributed by atoms with Crippen LogP contribution in [-0.2, 0) is 44.9 Å². The first kappa shape index (κ1) is 67.5. The summed E-state index contributed by atoms with van der Waals surface area (Å²) < 4.78 is 52.2. The lowest BCUT2D eigenvalue weighted by Crippen LogP contribution is -1.98. The first-order valence-corrected chi connectivity index (χ1v) is 27.2. The van der Waals surface area contributed by atoms with E-state index < -0.39 is 5.82 Å². The van der Waals surface area contributed by atoms with Crippen LogP contribution in [0.2, 0.25) is 0 Å². The number of nitrogens with zero attached hydrogens (tertiary/aromatic N) is 3. The molecule has 0 bridgehead atoms. The molecule has 0 aliphatic rings. The number of halogens is 4. The van der Waals surface area contributed by atoms with Crippen molar-refractivity contribution in [1.82, 2.24) is 0 Å². The second-order valence-electron chi connectivity index (χ2n) is 22.4. The largest absolute Gasteiger partial charge is 0.238 e. The molecule has 0 amide bonds. The summed E-state index contributed by atoms with van der Waals surface area (Å²) in [5.41, 5.74) is 11.3. The predicted octanol–water partition coefficient (Wildman–Crippen LogP) is 21.5. The Bertz CT molecular complexity index is 2730. The Hall–Kier alpha value is -6.49. The molecular formula is C69H89F4N3. The molecule has 0 atom stereocenters. The van der Waals surface area contributed by atoms with Crippen molar-refractivity contribution in [2.75, 3.05) is 0 Å². The van der Waals surface area contributed by atoms with Gasteiger partial charge in [0.15, 0.2) is 11.4 Å². The van der Waals surface area contributed by atoms with Crippen LogP contribution in [0.1, 0.15) is 160 Å². The van der Waals surface area contributed by atoms with E-state index in [0.29, 0.717) is 35.5 Å². The van der Waals surface area contributed by atoms with Crippen molar-refractivity contribution in [3.63, 3.8) is 0 Å². The van der Waals surface area contributed by atoms with Gasteiger partial charge in [0.2, 0.25) is 5.69 Å². The molecule has 7 heteroatoms. The van der Waals surface area contributed by atoms with Gasteiger partial charge in [0.25, 0.3) is 0 Å². The smallest absolute Gasteiger partial charge is 0.222 e. The minimum atomic E-state index is -0.428. The van der Waals surface area contributed by atoms with Gasteiger partial charge in [-0.05, 0) is 151 Å². The topological polar surface area (TPSA) is 13.1 Å². The van der Waals surface area contributed by atoms with E-state index in [0.717, 1.165) is 78.6 Å². The van der Waals surface area contributed by atoms with Crippen molar-refractivity contribution < 1.29 is 17.6 Å². The summed E-state index contributed by atoms with van der Waals surface area (Å²) in [6, 6.07) is 36.7. The minimum absolute atomic E-state index is 0.0741.